The molecule has 0 saturated carbocycles. The van der Waals surface area contributed by atoms with Crippen LogP contribution in [0.2, 0.25) is 0 Å². The summed E-state index contributed by atoms with van der Waals surface area (Å²) < 4.78 is 37.9. The summed E-state index contributed by atoms with van der Waals surface area (Å²) in [4.78, 5) is 14.5. The maximum atomic E-state index is 13.1. The summed E-state index contributed by atoms with van der Waals surface area (Å²) in [6.07, 6.45) is 3.40. The van der Waals surface area contributed by atoms with Crippen LogP contribution in [-0.2, 0) is 14.8 Å². The Morgan fingerprint density at radius 2 is 1.50 bits per heavy atom. The zero-order valence-corrected chi connectivity index (χ0v) is 20.0. The standard InChI is InChI=1S/C24H30N2O5S/c1-17-14-19(3)20(15-18(17)2)6-9-24(27)25-10-12-26(13-11-25)32(28,29)21-7-8-22(30-4)23(16-21)31-5/h6-9,14-16H,10-13H2,1-5H3/b9-6+. The molecule has 0 bridgehead atoms. The van der Waals surface area contributed by atoms with Crippen molar-refractivity contribution in [3.05, 3.63) is 58.7 Å². The summed E-state index contributed by atoms with van der Waals surface area (Å²) in [5.41, 5.74) is 4.52. The van der Waals surface area contributed by atoms with E-state index in [2.05, 4.69) is 19.1 Å². The Labute approximate surface area is 190 Å². The summed E-state index contributed by atoms with van der Waals surface area (Å²) >= 11 is 0. The van der Waals surface area contributed by atoms with Gasteiger partial charge >= 0.3 is 0 Å². The van der Waals surface area contributed by atoms with Gasteiger partial charge in [-0.3, -0.25) is 4.79 Å². The quantitative estimate of drug-likeness (QED) is 0.622. The van der Waals surface area contributed by atoms with Gasteiger partial charge in [-0.1, -0.05) is 12.1 Å². The van der Waals surface area contributed by atoms with Gasteiger partial charge in [-0.2, -0.15) is 4.31 Å². The fourth-order valence-corrected chi connectivity index (χ4v) is 5.14. The number of benzene rings is 2. The van der Waals surface area contributed by atoms with Gasteiger partial charge in [0.05, 0.1) is 19.1 Å². The van der Waals surface area contributed by atoms with Crippen molar-refractivity contribution in [3.63, 3.8) is 0 Å². The van der Waals surface area contributed by atoms with Crippen LogP contribution in [0, 0.1) is 20.8 Å². The van der Waals surface area contributed by atoms with Gasteiger partial charge in [0.2, 0.25) is 15.9 Å². The molecule has 1 saturated heterocycles. The minimum atomic E-state index is -3.70. The molecule has 0 unspecified atom stereocenters. The molecule has 2 aromatic carbocycles. The SMILES string of the molecule is COc1ccc(S(=O)(=O)N2CCN(C(=O)/C=C/c3cc(C)c(C)cc3C)CC2)cc1OC. The normalized spacial score (nSPS) is 15.2. The number of carbonyl (C=O) groups is 1. The number of carbonyl (C=O) groups excluding carboxylic acids is 1. The van der Waals surface area contributed by atoms with Crippen molar-refractivity contribution in [1.29, 1.82) is 0 Å². The van der Waals surface area contributed by atoms with Gasteiger partial charge in [0.1, 0.15) is 0 Å². The van der Waals surface area contributed by atoms with Crippen molar-refractivity contribution in [2.24, 2.45) is 0 Å². The molecule has 7 nitrogen and oxygen atoms in total. The molecular formula is C24H30N2O5S. The largest absolute Gasteiger partial charge is 0.493 e. The van der Waals surface area contributed by atoms with Crippen LogP contribution in [0.25, 0.3) is 6.08 Å². The van der Waals surface area contributed by atoms with Gasteiger partial charge < -0.3 is 14.4 Å². The number of ether oxygens (including phenoxy) is 2. The van der Waals surface area contributed by atoms with E-state index in [1.165, 1.54) is 41.8 Å². The third-order valence-corrected chi connectivity index (χ3v) is 7.73. The Bertz CT molecular complexity index is 1130. The predicted octanol–water partition coefficient (Wildman–Crippen LogP) is 3.18. The van der Waals surface area contributed by atoms with Gasteiger partial charge in [-0.25, -0.2) is 8.42 Å². The topological polar surface area (TPSA) is 76.2 Å². The first kappa shape index (κ1) is 23.8. The van der Waals surface area contributed by atoms with Crippen LogP contribution in [0.3, 0.4) is 0 Å². The molecule has 0 aliphatic carbocycles. The van der Waals surface area contributed by atoms with E-state index in [4.69, 9.17) is 9.47 Å². The second-order valence-electron chi connectivity index (χ2n) is 7.87. The van der Waals surface area contributed by atoms with E-state index >= 15 is 0 Å². The van der Waals surface area contributed by atoms with E-state index < -0.39 is 10.0 Å². The van der Waals surface area contributed by atoms with Crippen LogP contribution in [-0.4, -0.2) is 63.9 Å². The van der Waals surface area contributed by atoms with Crippen molar-refractivity contribution in [1.82, 2.24) is 9.21 Å². The fourth-order valence-electron chi connectivity index (χ4n) is 3.70. The van der Waals surface area contributed by atoms with E-state index in [0.717, 1.165) is 11.1 Å². The van der Waals surface area contributed by atoms with Crippen molar-refractivity contribution in [3.8, 4) is 11.5 Å². The van der Waals surface area contributed by atoms with Crippen LogP contribution < -0.4 is 9.47 Å². The fraction of sp³-hybridized carbons (Fsp3) is 0.375. The molecule has 172 valence electrons. The minimum absolute atomic E-state index is 0.120. The molecular weight excluding hydrogens is 428 g/mol. The van der Waals surface area contributed by atoms with Crippen LogP contribution in [0.15, 0.2) is 41.3 Å². The van der Waals surface area contributed by atoms with Crippen molar-refractivity contribution < 1.29 is 22.7 Å². The minimum Gasteiger partial charge on any atom is -0.493 e. The molecule has 1 aliphatic rings. The number of methoxy groups -OCH3 is 2. The molecule has 0 N–H and O–H groups in total. The van der Waals surface area contributed by atoms with Crippen LogP contribution in [0.1, 0.15) is 22.3 Å². The molecule has 0 aromatic heterocycles. The zero-order chi connectivity index (χ0) is 23.5. The Morgan fingerprint density at radius 3 is 2.12 bits per heavy atom. The molecule has 3 rings (SSSR count). The number of amides is 1. The van der Waals surface area contributed by atoms with Crippen molar-refractivity contribution in [2.75, 3.05) is 40.4 Å². The van der Waals surface area contributed by atoms with Crippen LogP contribution in [0.4, 0.5) is 0 Å². The summed E-state index contributed by atoms with van der Waals surface area (Å²) in [7, 11) is -0.735. The predicted molar refractivity (Wildman–Crippen MR) is 125 cm³/mol. The van der Waals surface area contributed by atoms with Crippen molar-refractivity contribution >= 4 is 22.0 Å². The highest BCUT2D eigenvalue weighted by Gasteiger charge is 2.30. The number of aryl methyl sites for hydroxylation is 3. The highest BCUT2D eigenvalue weighted by Crippen LogP contribution is 2.31. The Hall–Kier alpha value is -2.84. The van der Waals surface area contributed by atoms with Crippen LogP contribution >= 0.6 is 0 Å². The maximum absolute atomic E-state index is 13.1. The van der Waals surface area contributed by atoms with Crippen LogP contribution in [0.5, 0.6) is 11.5 Å². The van der Waals surface area contributed by atoms with Gasteiger partial charge in [-0.15, -0.1) is 0 Å². The molecule has 32 heavy (non-hydrogen) atoms. The number of sulfonamides is 1. The number of nitrogens with zero attached hydrogens (tertiary/aromatic N) is 2. The summed E-state index contributed by atoms with van der Waals surface area (Å²) in [5, 5.41) is 0. The lowest BCUT2D eigenvalue weighted by molar-refractivity contribution is -0.127. The third-order valence-electron chi connectivity index (χ3n) is 5.83. The monoisotopic (exact) mass is 458 g/mol. The highest BCUT2D eigenvalue weighted by molar-refractivity contribution is 7.89. The number of piperazine rings is 1. The van der Waals surface area contributed by atoms with E-state index in [9.17, 15) is 13.2 Å². The van der Waals surface area contributed by atoms with Gasteiger partial charge in [0, 0.05) is 38.3 Å². The Balaban J connectivity index is 1.67. The van der Waals surface area contributed by atoms with Crippen molar-refractivity contribution in [2.45, 2.75) is 25.7 Å². The smallest absolute Gasteiger partial charge is 0.246 e. The van der Waals surface area contributed by atoms with E-state index in [1.54, 1.807) is 17.0 Å². The Kier molecular flexibility index (Phi) is 7.26. The molecule has 8 heteroatoms. The molecule has 0 atom stereocenters. The lowest BCUT2D eigenvalue weighted by Gasteiger charge is -2.33. The zero-order valence-electron chi connectivity index (χ0n) is 19.2. The first-order valence-electron chi connectivity index (χ1n) is 10.4. The summed E-state index contributed by atoms with van der Waals surface area (Å²) in [6, 6.07) is 8.72. The molecule has 1 amide bonds. The highest BCUT2D eigenvalue weighted by atomic mass is 32.2. The lowest BCUT2D eigenvalue weighted by atomic mass is 10.0. The molecule has 1 fully saturated rings. The summed E-state index contributed by atoms with van der Waals surface area (Å²) in [5.74, 6) is 0.701. The number of hydrogen-bond donors (Lipinski definition) is 0. The second-order valence-corrected chi connectivity index (χ2v) is 9.81. The van der Waals surface area contributed by atoms with E-state index in [0.29, 0.717) is 24.6 Å². The average Bonchev–Trinajstić information content (AvgIpc) is 2.79. The Morgan fingerprint density at radius 1 is 0.875 bits per heavy atom. The molecule has 2 aromatic rings. The lowest BCUT2D eigenvalue weighted by Crippen LogP contribution is -2.50. The first-order chi connectivity index (χ1) is 15.2. The first-order valence-corrected chi connectivity index (χ1v) is 11.9. The molecule has 0 radical (unpaired) electrons. The van der Waals surface area contributed by atoms with E-state index in [1.807, 2.05) is 19.9 Å². The molecule has 1 heterocycles. The molecule has 0 spiro atoms. The third kappa shape index (κ3) is 4.97. The average molecular weight is 459 g/mol. The maximum Gasteiger partial charge on any atom is 0.246 e. The number of hydrogen-bond acceptors (Lipinski definition) is 5. The number of rotatable bonds is 6. The van der Waals surface area contributed by atoms with Gasteiger partial charge in [0.25, 0.3) is 0 Å². The van der Waals surface area contributed by atoms with E-state index in [-0.39, 0.29) is 23.9 Å². The van der Waals surface area contributed by atoms with Gasteiger partial charge in [0.15, 0.2) is 11.5 Å². The molecule has 1 aliphatic heterocycles. The van der Waals surface area contributed by atoms with Gasteiger partial charge in [-0.05, 0) is 61.2 Å². The second kappa shape index (κ2) is 9.75. The summed E-state index contributed by atoms with van der Waals surface area (Å²) in [6.45, 7) is 7.28.